The molecular formula is C16H26ClN3O4. The summed E-state index contributed by atoms with van der Waals surface area (Å²) in [6.07, 6.45) is 0. The average molecular weight is 360 g/mol. The first-order valence-corrected chi connectivity index (χ1v) is 7.71. The summed E-state index contributed by atoms with van der Waals surface area (Å²) >= 11 is 0. The monoisotopic (exact) mass is 359 g/mol. The van der Waals surface area contributed by atoms with Gasteiger partial charge in [0.15, 0.2) is 11.5 Å². The van der Waals surface area contributed by atoms with E-state index in [2.05, 4.69) is 15.5 Å². The van der Waals surface area contributed by atoms with Gasteiger partial charge in [0.2, 0.25) is 5.75 Å². The number of ether oxygens (including phenoxy) is 3. The van der Waals surface area contributed by atoms with E-state index >= 15 is 0 Å². The van der Waals surface area contributed by atoms with Crippen LogP contribution in [0.4, 0.5) is 0 Å². The van der Waals surface area contributed by atoms with Crippen molar-refractivity contribution < 1.29 is 19.0 Å². The fraction of sp³-hybridized carbons (Fsp3) is 0.562. The maximum Gasteiger partial charge on any atom is 0.251 e. The summed E-state index contributed by atoms with van der Waals surface area (Å²) in [5, 5.41) is 6.24. The number of hydrogen-bond donors (Lipinski definition) is 2. The molecule has 7 nitrogen and oxygen atoms in total. The molecule has 1 saturated heterocycles. The molecule has 0 aromatic heterocycles. The Balaban J connectivity index is 0.00000288. The van der Waals surface area contributed by atoms with Crippen LogP contribution in [-0.4, -0.2) is 71.4 Å². The van der Waals surface area contributed by atoms with Gasteiger partial charge in [-0.1, -0.05) is 0 Å². The molecule has 8 heteroatoms. The maximum absolute atomic E-state index is 12.3. The Kier molecular flexibility index (Phi) is 8.67. The third-order valence-corrected chi connectivity index (χ3v) is 3.85. The molecule has 2 N–H and O–H groups in total. The van der Waals surface area contributed by atoms with Crippen molar-refractivity contribution in [3.63, 3.8) is 0 Å². The molecule has 0 unspecified atom stereocenters. The molecule has 136 valence electrons. The van der Waals surface area contributed by atoms with Crippen LogP contribution in [-0.2, 0) is 0 Å². The second-order valence-electron chi connectivity index (χ2n) is 5.26. The van der Waals surface area contributed by atoms with Crippen LogP contribution in [0.25, 0.3) is 0 Å². The number of rotatable bonds is 7. The molecule has 0 atom stereocenters. The predicted octanol–water partition coefficient (Wildman–Crippen LogP) is 0.769. The number of hydrogen-bond acceptors (Lipinski definition) is 6. The Bertz CT molecular complexity index is 511. The van der Waals surface area contributed by atoms with E-state index in [0.717, 1.165) is 32.7 Å². The minimum absolute atomic E-state index is 0. The van der Waals surface area contributed by atoms with Gasteiger partial charge in [0.05, 0.1) is 21.3 Å². The number of halogens is 1. The zero-order valence-corrected chi connectivity index (χ0v) is 15.2. The van der Waals surface area contributed by atoms with Crippen LogP contribution in [0, 0.1) is 0 Å². The first kappa shape index (κ1) is 20.3. The van der Waals surface area contributed by atoms with Gasteiger partial charge < -0.3 is 24.8 Å². The number of methoxy groups -OCH3 is 3. The van der Waals surface area contributed by atoms with E-state index in [-0.39, 0.29) is 18.3 Å². The molecule has 1 aromatic carbocycles. The summed E-state index contributed by atoms with van der Waals surface area (Å²) in [5.74, 6) is 1.27. The fourth-order valence-corrected chi connectivity index (χ4v) is 2.58. The zero-order chi connectivity index (χ0) is 16.7. The van der Waals surface area contributed by atoms with Gasteiger partial charge in [-0.15, -0.1) is 12.4 Å². The quantitative estimate of drug-likeness (QED) is 0.749. The van der Waals surface area contributed by atoms with Crippen LogP contribution < -0.4 is 24.8 Å². The normalized spacial score (nSPS) is 14.5. The Morgan fingerprint density at radius 1 is 1.12 bits per heavy atom. The van der Waals surface area contributed by atoms with Crippen LogP contribution in [0.3, 0.4) is 0 Å². The summed E-state index contributed by atoms with van der Waals surface area (Å²) in [7, 11) is 4.60. The maximum atomic E-state index is 12.3. The molecule has 1 aliphatic rings. The third kappa shape index (κ3) is 5.15. The Hall–Kier alpha value is -1.70. The van der Waals surface area contributed by atoms with Crippen molar-refractivity contribution in [2.24, 2.45) is 0 Å². The SMILES string of the molecule is COc1cc(C(=O)NCCN2CCNCC2)cc(OC)c1OC.Cl. The van der Waals surface area contributed by atoms with Crippen molar-refractivity contribution in [2.45, 2.75) is 0 Å². The smallest absolute Gasteiger partial charge is 0.251 e. The Labute approximate surface area is 149 Å². The van der Waals surface area contributed by atoms with E-state index < -0.39 is 0 Å². The second kappa shape index (κ2) is 10.2. The van der Waals surface area contributed by atoms with Crippen molar-refractivity contribution in [2.75, 3.05) is 60.6 Å². The van der Waals surface area contributed by atoms with Crippen molar-refractivity contribution in [1.29, 1.82) is 0 Å². The lowest BCUT2D eigenvalue weighted by Crippen LogP contribution is -2.46. The summed E-state index contributed by atoms with van der Waals surface area (Å²) < 4.78 is 15.8. The molecule has 1 fully saturated rings. The van der Waals surface area contributed by atoms with Crippen LogP contribution in [0.1, 0.15) is 10.4 Å². The lowest BCUT2D eigenvalue weighted by Gasteiger charge is -2.27. The van der Waals surface area contributed by atoms with Gasteiger partial charge in [0.25, 0.3) is 5.91 Å². The van der Waals surface area contributed by atoms with Crippen LogP contribution >= 0.6 is 12.4 Å². The van der Waals surface area contributed by atoms with Crippen molar-refractivity contribution in [1.82, 2.24) is 15.5 Å². The average Bonchev–Trinajstić information content (AvgIpc) is 2.61. The highest BCUT2D eigenvalue weighted by Gasteiger charge is 2.17. The topological polar surface area (TPSA) is 72.1 Å². The van der Waals surface area contributed by atoms with Crippen molar-refractivity contribution in [3.8, 4) is 17.2 Å². The largest absolute Gasteiger partial charge is 0.493 e. The van der Waals surface area contributed by atoms with Gasteiger partial charge in [-0.25, -0.2) is 0 Å². The van der Waals surface area contributed by atoms with Gasteiger partial charge in [-0.2, -0.15) is 0 Å². The van der Waals surface area contributed by atoms with E-state index in [0.29, 0.717) is 29.4 Å². The molecule has 24 heavy (non-hydrogen) atoms. The predicted molar refractivity (Wildman–Crippen MR) is 95.0 cm³/mol. The van der Waals surface area contributed by atoms with Crippen molar-refractivity contribution in [3.05, 3.63) is 17.7 Å². The van der Waals surface area contributed by atoms with E-state index in [1.807, 2.05) is 0 Å². The van der Waals surface area contributed by atoms with E-state index in [1.165, 1.54) is 21.3 Å². The summed E-state index contributed by atoms with van der Waals surface area (Å²) in [6, 6.07) is 3.31. The number of amides is 1. The number of carbonyl (C=O) groups excluding carboxylic acids is 1. The number of nitrogens with one attached hydrogen (secondary N) is 2. The lowest BCUT2D eigenvalue weighted by atomic mass is 10.1. The fourth-order valence-electron chi connectivity index (χ4n) is 2.58. The highest BCUT2D eigenvalue weighted by Crippen LogP contribution is 2.38. The highest BCUT2D eigenvalue weighted by molar-refractivity contribution is 5.95. The summed E-state index contributed by atoms with van der Waals surface area (Å²) in [6.45, 7) is 5.48. The highest BCUT2D eigenvalue weighted by atomic mass is 35.5. The van der Waals surface area contributed by atoms with Crippen LogP contribution in [0.15, 0.2) is 12.1 Å². The minimum Gasteiger partial charge on any atom is -0.493 e. The van der Waals surface area contributed by atoms with Gasteiger partial charge in [-0.3, -0.25) is 9.69 Å². The molecule has 2 rings (SSSR count). The van der Waals surface area contributed by atoms with E-state index in [9.17, 15) is 4.79 Å². The van der Waals surface area contributed by atoms with E-state index in [4.69, 9.17) is 14.2 Å². The summed E-state index contributed by atoms with van der Waals surface area (Å²) in [5.41, 5.74) is 0.486. The third-order valence-electron chi connectivity index (χ3n) is 3.85. The first-order valence-electron chi connectivity index (χ1n) is 7.71. The molecule has 1 amide bonds. The molecule has 1 aliphatic heterocycles. The molecule has 0 saturated carbocycles. The van der Waals surface area contributed by atoms with Crippen LogP contribution in [0.2, 0.25) is 0 Å². The standard InChI is InChI=1S/C16H25N3O4.ClH/c1-21-13-10-12(11-14(22-2)15(13)23-3)16(20)18-6-9-19-7-4-17-5-8-19;/h10-11,17H,4-9H2,1-3H3,(H,18,20);1H. The second-order valence-corrected chi connectivity index (χ2v) is 5.26. The zero-order valence-electron chi connectivity index (χ0n) is 14.4. The van der Waals surface area contributed by atoms with Crippen molar-refractivity contribution >= 4 is 18.3 Å². The number of benzene rings is 1. The Morgan fingerprint density at radius 3 is 2.21 bits per heavy atom. The summed E-state index contributed by atoms with van der Waals surface area (Å²) in [4.78, 5) is 14.7. The van der Waals surface area contributed by atoms with E-state index in [1.54, 1.807) is 12.1 Å². The number of nitrogens with zero attached hydrogens (tertiary/aromatic N) is 1. The van der Waals surface area contributed by atoms with Gasteiger partial charge in [-0.05, 0) is 12.1 Å². The molecule has 1 aromatic rings. The molecule has 0 aliphatic carbocycles. The molecular weight excluding hydrogens is 334 g/mol. The van der Waals surface area contributed by atoms with Gasteiger partial charge in [0, 0.05) is 44.8 Å². The Morgan fingerprint density at radius 2 is 1.71 bits per heavy atom. The molecule has 0 spiro atoms. The first-order chi connectivity index (χ1) is 11.2. The molecule has 1 heterocycles. The van der Waals surface area contributed by atoms with Gasteiger partial charge in [0.1, 0.15) is 0 Å². The number of piperazine rings is 1. The van der Waals surface area contributed by atoms with Crippen LogP contribution in [0.5, 0.6) is 17.2 Å². The minimum atomic E-state index is -0.153. The molecule has 0 bridgehead atoms. The lowest BCUT2D eigenvalue weighted by molar-refractivity contribution is 0.0946. The molecule has 0 radical (unpaired) electrons. The number of carbonyl (C=O) groups is 1. The van der Waals surface area contributed by atoms with Gasteiger partial charge >= 0.3 is 0 Å².